The standard InChI is InChI=1S/C14H19FN2O3/c15-13-9-11(4-5-14(13)17(18)19)10-16-7-6-12-3-1-2-8-20-12/h4-5,9,12,16H,1-3,6-8,10H2. The summed E-state index contributed by atoms with van der Waals surface area (Å²) in [7, 11) is 0. The second kappa shape index (κ2) is 7.31. The van der Waals surface area contributed by atoms with Crippen LogP contribution in [0.4, 0.5) is 10.1 Å². The molecule has 110 valence electrons. The third kappa shape index (κ3) is 4.25. The number of ether oxygens (including phenoxy) is 1. The minimum absolute atomic E-state index is 0.324. The van der Waals surface area contributed by atoms with Crippen molar-refractivity contribution in [1.82, 2.24) is 5.32 Å². The van der Waals surface area contributed by atoms with Gasteiger partial charge >= 0.3 is 5.69 Å². The summed E-state index contributed by atoms with van der Waals surface area (Å²) in [5.41, 5.74) is 0.224. The van der Waals surface area contributed by atoms with E-state index in [-0.39, 0.29) is 0 Å². The zero-order chi connectivity index (χ0) is 14.4. The maximum atomic E-state index is 13.4. The van der Waals surface area contributed by atoms with Crippen LogP contribution >= 0.6 is 0 Å². The van der Waals surface area contributed by atoms with E-state index in [1.165, 1.54) is 18.6 Å². The quantitative estimate of drug-likeness (QED) is 0.495. The van der Waals surface area contributed by atoms with Gasteiger partial charge in [-0.2, -0.15) is 4.39 Å². The van der Waals surface area contributed by atoms with Gasteiger partial charge in [-0.3, -0.25) is 10.1 Å². The maximum absolute atomic E-state index is 13.4. The number of nitro groups is 1. The molecule has 1 aliphatic rings. The highest BCUT2D eigenvalue weighted by Crippen LogP contribution is 2.18. The van der Waals surface area contributed by atoms with Crippen molar-refractivity contribution in [3.8, 4) is 0 Å². The van der Waals surface area contributed by atoms with Crippen LogP contribution in [0.5, 0.6) is 0 Å². The molecule has 5 nitrogen and oxygen atoms in total. The fraction of sp³-hybridized carbons (Fsp3) is 0.571. The van der Waals surface area contributed by atoms with Gasteiger partial charge < -0.3 is 10.1 Å². The lowest BCUT2D eigenvalue weighted by Crippen LogP contribution is -2.25. The van der Waals surface area contributed by atoms with Crippen LogP contribution in [0.15, 0.2) is 18.2 Å². The zero-order valence-corrected chi connectivity index (χ0v) is 11.3. The summed E-state index contributed by atoms with van der Waals surface area (Å²) in [5.74, 6) is -0.787. The molecule has 1 N–H and O–H groups in total. The molecule has 0 radical (unpaired) electrons. The van der Waals surface area contributed by atoms with Gasteiger partial charge in [-0.25, -0.2) is 0 Å². The van der Waals surface area contributed by atoms with Crippen molar-refractivity contribution in [2.24, 2.45) is 0 Å². The first-order valence-electron chi connectivity index (χ1n) is 6.92. The average molecular weight is 282 g/mol. The van der Waals surface area contributed by atoms with Crippen molar-refractivity contribution < 1.29 is 14.1 Å². The molecule has 0 saturated carbocycles. The lowest BCUT2D eigenvalue weighted by atomic mass is 10.1. The first kappa shape index (κ1) is 14.9. The van der Waals surface area contributed by atoms with Gasteiger partial charge in [-0.05, 0) is 43.9 Å². The van der Waals surface area contributed by atoms with Crippen molar-refractivity contribution in [3.05, 3.63) is 39.7 Å². The van der Waals surface area contributed by atoms with E-state index in [4.69, 9.17) is 4.74 Å². The molecule has 1 atom stereocenters. The first-order valence-corrected chi connectivity index (χ1v) is 6.92. The third-order valence-corrected chi connectivity index (χ3v) is 3.45. The molecule has 0 amide bonds. The molecule has 0 aliphatic carbocycles. The number of hydrogen-bond donors (Lipinski definition) is 1. The second-order valence-electron chi connectivity index (χ2n) is 5.00. The average Bonchev–Trinajstić information content (AvgIpc) is 2.44. The molecule has 0 spiro atoms. The Bertz CT molecular complexity index is 462. The van der Waals surface area contributed by atoms with Gasteiger partial charge in [0.05, 0.1) is 11.0 Å². The number of benzene rings is 1. The van der Waals surface area contributed by atoms with Crippen LogP contribution in [0.2, 0.25) is 0 Å². The van der Waals surface area contributed by atoms with E-state index in [0.29, 0.717) is 18.2 Å². The Morgan fingerprint density at radius 1 is 1.45 bits per heavy atom. The Kier molecular flexibility index (Phi) is 5.43. The lowest BCUT2D eigenvalue weighted by molar-refractivity contribution is -0.387. The number of nitrogens with one attached hydrogen (secondary N) is 1. The predicted octanol–water partition coefficient (Wildman–Crippen LogP) is 2.78. The van der Waals surface area contributed by atoms with Gasteiger partial charge in [0.25, 0.3) is 0 Å². The molecule has 1 saturated heterocycles. The van der Waals surface area contributed by atoms with Crippen molar-refractivity contribution >= 4 is 5.69 Å². The smallest absolute Gasteiger partial charge is 0.304 e. The molecule has 1 aromatic carbocycles. The van der Waals surface area contributed by atoms with Crippen molar-refractivity contribution in [2.45, 2.75) is 38.3 Å². The van der Waals surface area contributed by atoms with E-state index in [2.05, 4.69) is 5.32 Å². The van der Waals surface area contributed by atoms with Crippen molar-refractivity contribution in [3.63, 3.8) is 0 Å². The topological polar surface area (TPSA) is 64.4 Å². The highest BCUT2D eigenvalue weighted by molar-refractivity contribution is 5.34. The lowest BCUT2D eigenvalue weighted by Gasteiger charge is -2.22. The Morgan fingerprint density at radius 3 is 2.95 bits per heavy atom. The Morgan fingerprint density at radius 2 is 2.30 bits per heavy atom. The van der Waals surface area contributed by atoms with E-state index in [0.717, 1.165) is 32.4 Å². The summed E-state index contributed by atoms with van der Waals surface area (Å²) in [6.07, 6.45) is 4.73. The molecule has 0 aromatic heterocycles. The Hall–Kier alpha value is -1.53. The summed E-state index contributed by atoms with van der Waals surface area (Å²) in [5, 5.41) is 13.7. The monoisotopic (exact) mass is 282 g/mol. The maximum Gasteiger partial charge on any atom is 0.304 e. The van der Waals surface area contributed by atoms with Gasteiger partial charge in [0.1, 0.15) is 0 Å². The number of nitrogens with zero attached hydrogens (tertiary/aromatic N) is 1. The van der Waals surface area contributed by atoms with Gasteiger partial charge in [0, 0.05) is 19.2 Å². The normalized spacial score (nSPS) is 18.9. The first-order chi connectivity index (χ1) is 9.66. The Labute approximate surface area is 117 Å². The predicted molar refractivity (Wildman–Crippen MR) is 73.0 cm³/mol. The van der Waals surface area contributed by atoms with E-state index >= 15 is 0 Å². The molecule has 0 bridgehead atoms. The van der Waals surface area contributed by atoms with Gasteiger partial charge in [-0.15, -0.1) is 0 Å². The largest absolute Gasteiger partial charge is 0.378 e. The SMILES string of the molecule is O=[N+]([O-])c1ccc(CNCCC2CCCCO2)cc1F. The summed E-state index contributed by atoms with van der Waals surface area (Å²) >= 11 is 0. The fourth-order valence-electron chi connectivity index (χ4n) is 2.34. The number of rotatable bonds is 6. The summed E-state index contributed by atoms with van der Waals surface area (Å²) < 4.78 is 19.0. The second-order valence-corrected chi connectivity index (χ2v) is 5.00. The van der Waals surface area contributed by atoms with Gasteiger partial charge in [0.2, 0.25) is 5.82 Å². The van der Waals surface area contributed by atoms with Crippen LogP contribution in [-0.2, 0) is 11.3 Å². The molecular formula is C14H19FN2O3. The zero-order valence-electron chi connectivity index (χ0n) is 11.3. The summed E-state index contributed by atoms with van der Waals surface area (Å²) in [6.45, 7) is 2.14. The summed E-state index contributed by atoms with van der Waals surface area (Å²) in [4.78, 5) is 9.79. The molecule has 1 fully saturated rings. The molecule has 1 aromatic rings. The highest BCUT2D eigenvalue weighted by Gasteiger charge is 2.14. The molecule has 1 heterocycles. The molecule has 20 heavy (non-hydrogen) atoms. The summed E-state index contributed by atoms with van der Waals surface area (Å²) in [6, 6.07) is 3.99. The third-order valence-electron chi connectivity index (χ3n) is 3.45. The van der Waals surface area contributed by atoms with E-state index in [1.807, 2.05) is 0 Å². The minimum atomic E-state index is -0.787. The number of nitro benzene ring substituents is 1. The minimum Gasteiger partial charge on any atom is -0.378 e. The molecule has 1 aliphatic heterocycles. The molecule has 6 heteroatoms. The van der Waals surface area contributed by atoms with Crippen LogP contribution in [0, 0.1) is 15.9 Å². The van der Waals surface area contributed by atoms with Gasteiger partial charge in [-0.1, -0.05) is 6.07 Å². The van der Waals surface area contributed by atoms with Crippen LogP contribution in [0.25, 0.3) is 0 Å². The van der Waals surface area contributed by atoms with Crippen molar-refractivity contribution in [1.29, 1.82) is 0 Å². The van der Waals surface area contributed by atoms with Crippen LogP contribution in [-0.4, -0.2) is 24.2 Å². The van der Waals surface area contributed by atoms with E-state index in [1.54, 1.807) is 6.07 Å². The number of hydrogen-bond acceptors (Lipinski definition) is 4. The van der Waals surface area contributed by atoms with Crippen molar-refractivity contribution in [2.75, 3.05) is 13.2 Å². The fourth-order valence-corrected chi connectivity index (χ4v) is 2.34. The van der Waals surface area contributed by atoms with E-state index < -0.39 is 16.4 Å². The van der Waals surface area contributed by atoms with Crippen LogP contribution in [0.3, 0.4) is 0 Å². The molecule has 2 rings (SSSR count). The molecular weight excluding hydrogens is 263 g/mol. The molecule has 1 unspecified atom stereocenters. The van der Waals surface area contributed by atoms with E-state index in [9.17, 15) is 14.5 Å². The van der Waals surface area contributed by atoms with Gasteiger partial charge in [0.15, 0.2) is 0 Å². The number of halogens is 1. The van der Waals surface area contributed by atoms with Crippen LogP contribution in [0.1, 0.15) is 31.2 Å². The highest BCUT2D eigenvalue weighted by atomic mass is 19.1. The Balaban J connectivity index is 1.73. The van der Waals surface area contributed by atoms with Crippen LogP contribution < -0.4 is 5.32 Å².